The number of esters is 1. The number of rotatable bonds is 6. The van der Waals surface area contributed by atoms with E-state index < -0.39 is 0 Å². The number of benzene rings is 2. The molecule has 126 valence electrons. The fraction of sp³-hybridized carbons (Fsp3) is 0.222. The predicted molar refractivity (Wildman–Crippen MR) is 99.9 cm³/mol. The van der Waals surface area contributed by atoms with Crippen LogP contribution in [0.3, 0.4) is 0 Å². The summed E-state index contributed by atoms with van der Waals surface area (Å²) < 4.78 is 10.3. The molecule has 0 aliphatic heterocycles. The fourth-order valence-corrected chi connectivity index (χ4v) is 2.23. The molecule has 0 spiro atoms. The second-order valence-electron chi connectivity index (χ2n) is 4.83. The molecule has 0 atom stereocenters. The van der Waals surface area contributed by atoms with E-state index in [2.05, 4.69) is 10.6 Å². The van der Waals surface area contributed by atoms with Gasteiger partial charge in [0.1, 0.15) is 5.75 Å². The lowest BCUT2D eigenvalue weighted by molar-refractivity contribution is 0.0526. The van der Waals surface area contributed by atoms with Crippen LogP contribution in [0.25, 0.3) is 0 Å². The van der Waals surface area contributed by atoms with Gasteiger partial charge in [0, 0.05) is 11.4 Å². The lowest BCUT2D eigenvalue weighted by atomic mass is 10.2. The molecule has 5 nitrogen and oxygen atoms in total. The van der Waals surface area contributed by atoms with E-state index in [1.54, 1.807) is 31.2 Å². The van der Waals surface area contributed by atoms with Crippen molar-refractivity contribution >= 4 is 34.7 Å². The van der Waals surface area contributed by atoms with E-state index in [1.807, 2.05) is 31.2 Å². The molecule has 0 aromatic heterocycles. The first-order valence-electron chi connectivity index (χ1n) is 7.70. The number of ether oxygens (including phenoxy) is 2. The molecule has 0 fully saturated rings. The van der Waals surface area contributed by atoms with Crippen LogP contribution < -0.4 is 15.4 Å². The van der Waals surface area contributed by atoms with Gasteiger partial charge in [0.25, 0.3) is 0 Å². The summed E-state index contributed by atoms with van der Waals surface area (Å²) in [5.74, 6) is 0.482. The van der Waals surface area contributed by atoms with Gasteiger partial charge in [-0.05, 0) is 74.6 Å². The van der Waals surface area contributed by atoms with Crippen molar-refractivity contribution in [2.24, 2.45) is 0 Å². The van der Waals surface area contributed by atoms with Crippen LogP contribution in [-0.4, -0.2) is 24.3 Å². The molecular formula is C18H20N2O3S. The van der Waals surface area contributed by atoms with Gasteiger partial charge in [0.05, 0.1) is 18.8 Å². The smallest absolute Gasteiger partial charge is 0.338 e. The number of nitrogens with one attached hydrogen (secondary N) is 2. The van der Waals surface area contributed by atoms with Gasteiger partial charge < -0.3 is 20.1 Å². The molecule has 0 saturated heterocycles. The van der Waals surface area contributed by atoms with E-state index in [-0.39, 0.29) is 5.97 Å². The molecule has 0 aliphatic rings. The van der Waals surface area contributed by atoms with Crippen LogP contribution in [-0.2, 0) is 4.74 Å². The number of carbonyl (C=O) groups excluding carboxylic acids is 1. The summed E-state index contributed by atoms with van der Waals surface area (Å²) in [6.45, 7) is 4.71. The highest BCUT2D eigenvalue weighted by Gasteiger charge is 2.06. The number of hydrogen-bond donors (Lipinski definition) is 2. The van der Waals surface area contributed by atoms with Crippen molar-refractivity contribution in [1.82, 2.24) is 0 Å². The minimum Gasteiger partial charge on any atom is -0.494 e. The Hall–Kier alpha value is -2.60. The zero-order valence-electron chi connectivity index (χ0n) is 13.7. The Morgan fingerprint density at radius 3 is 1.96 bits per heavy atom. The lowest BCUT2D eigenvalue weighted by Gasteiger charge is -2.11. The number of anilines is 2. The van der Waals surface area contributed by atoms with Gasteiger partial charge in [-0.2, -0.15) is 0 Å². The lowest BCUT2D eigenvalue weighted by Crippen LogP contribution is -2.19. The van der Waals surface area contributed by atoms with E-state index in [0.29, 0.717) is 23.9 Å². The third kappa shape index (κ3) is 5.24. The van der Waals surface area contributed by atoms with Gasteiger partial charge in [0.2, 0.25) is 0 Å². The van der Waals surface area contributed by atoms with Gasteiger partial charge in [-0.3, -0.25) is 0 Å². The summed E-state index contributed by atoms with van der Waals surface area (Å²) in [7, 11) is 0. The zero-order chi connectivity index (χ0) is 17.4. The van der Waals surface area contributed by atoms with Crippen molar-refractivity contribution in [2.75, 3.05) is 23.8 Å². The van der Waals surface area contributed by atoms with E-state index in [9.17, 15) is 4.79 Å². The molecule has 2 aromatic carbocycles. The number of thiocarbonyl (C=S) groups is 1. The van der Waals surface area contributed by atoms with Crippen molar-refractivity contribution in [1.29, 1.82) is 0 Å². The van der Waals surface area contributed by atoms with Crippen LogP contribution in [0.1, 0.15) is 24.2 Å². The second kappa shape index (κ2) is 8.88. The van der Waals surface area contributed by atoms with Crippen LogP contribution in [0.4, 0.5) is 11.4 Å². The standard InChI is InChI=1S/C18H20N2O3S/c1-3-22-16-11-9-15(10-12-16)20-18(24)19-14-7-5-13(6-8-14)17(21)23-4-2/h5-12H,3-4H2,1-2H3,(H2,19,20,24). The van der Waals surface area contributed by atoms with Gasteiger partial charge >= 0.3 is 5.97 Å². The predicted octanol–water partition coefficient (Wildman–Crippen LogP) is 4.07. The first-order valence-corrected chi connectivity index (χ1v) is 8.11. The molecule has 0 unspecified atom stereocenters. The molecular weight excluding hydrogens is 324 g/mol. The maximum atomic E-state index is 11.6. The summed E-state index contributed by atoms with van der Waals surface area (Å²) >= 11 is 5.28. The van der Waals surface area contributed by atoms with Crippen molar-refractivity contribution in [3.63, 3.8) is 0 Å². The van der Waals surface area contributed by atoms with Crippen LogP contribution in [0.2, 0.25) is 0 Å². The summed E-state index contributed by atoms with van der Waals surface area (Å²) in [4.78, 5) is 11.6. The molecule has 0 saturated carbocycles. The molecule has 0 aliphatic carbocycles. The zero-order valence-corrected chi connectivity index (χ0v) is 14.5. The average molecular weight is 344 g/mol. The monoisotopic (exact) mass is 344 g/mol. The van der Waals surface area contributed by atoms with Crippen LogP contribution in [0.5, 0.6) is 5.75 Å². The van der Waals surface area contributed by atoms with Crippen molar-refractivity contribution < 1.29 is 14.3 Å². The quantitative estimate of drug-likeness (QED) is 0.608. The van der Waals surface area contributed by atoms with Crippen molar-refractivity contribution in [3.8, 4) is 5.75 Å². The Kier molecular flexibility index (Phi) is 6.57. The topological polar surface area (TPSA) is 59.6 Å². The Morgan fingerprint density at radius 1 is 0.917 bits per heavy atom. The summed E-state index contributed by atoms with van der Waals surface area (Å²) in [6, 6.07) is 14.5. The van der Waals surface area contributed by atoms with E-state index in [4.69, 9.17) is 21.7 Å². The minimum atomic E-state index is -0.334. The Labute approximate surface area is 147 Å². The maximum absolute atomic E-state index is 11.6. The molecule has 0 amide bonds. The van der Waals surface area contributed by atoms with Crippen LogP contribution >= 0.6 is 12.2 Å². The van der Waals surface area contributed by atoms with Gasteiger partial charge in [-0.25, -0.2) is 4.79 Å². The summed E-state index contributed by atoms with van der Waals surface area (Å²) in [5.41, 5.74) is 2.15. The molecule has 2 aromatic rings. The van der Waals surface area contributed by atoms with E-state index in [0.717, 1.165) is 17.1 Å². The highest BCUT2D eigenvalue weighted by Crippen LogP contribution is 2.16. The highest BCUT2D eigenvalue weighted by atomic mass is 32.1. The van der Waals surface area contributed by atoms with Gasteiger partial charge in [-0.15, -0.1) is 0 Å². The highest BCUT2D eigenvalue weighted by molar-refractivity contribution is 7.80. The fourth-order valence-electron chi connectivity index (χ4n) is 2.00. The largest absolute Gasteiger partial charge is 0.494 e. The molecule has 0 radical (unpaired) electrons. The maximum Gasteiger partial charge on any atom is 0.338 e. The van der Waals surface area contributed by atoms with E-state index >= 15 is 0 Å². The number of hydrogen-bond acceptors (Lipinski definition) is 4. The van der Waals surface area contributed by atoms with Crippen LogP contribution in [0, 0.1) is 0 Å². The molecule has 0 heterocycles. The molecule has 24 heavy (non-hydrogen) atoms. The van der Waals surface area contributed by atoms with Gasteiger partial charge in [-0.1, -0.05) is 0 Å². The first kappa shape index (κ1) is 17.7. The van der Waals surface area contributed by atoms with Crippen molar-refractivity contribution in [2.45, 2.75) is 13.8 Å². The average Bonchev–Trinajstić information content (AvgIpc) is 2.58. The molecule has 2 rings (SSSR count). The summed E-state index contributed by atoms with van der Waals surface area (Å²) in [5, 5.41) is 6.62. The third-order valence-electron chi connectivity index (χ3n) is 3.08. The third-order valence-corrected chi connectivity index (χ3v) is 3.28. The Bertz CT molecular complexity index is 684. The minimum absolute atomic E-state index is 0.334. The Morgan fingerprint density at radius 2 is 1.46 bits per heavy atom. The van der Waals surface area contributed by atoms with E-state index in [1.165, 1.54) is 0 Å². The van der Waals surface area contributed by atoms with Gasteiger partial charge in [0.15, 0.2) is 5.11 Å². The first-order chi connectivity index (χ1) is 11.6. The Balaban J connectivity index is 1.91. The molecule has 2 N–H and O–H groups in total. The summed E-state index contributed by atoms with van der Waals surface area (Å²) in [6.07, 6.45) is 0. The molecule has 6 heteroatoms. The van der Waals surface area contributed by atoms with Crippen molar-refractivity contribution in [3.05, 3.63) is 54.1 Å². The normalized spacial score (nSPS) is 9.92. The molecule has 0 bridgehead atoms. The SMILES string of the molecule is CCOC(=O)c1ccc(NC(=S)Nc2ccc(OCC)cc2)cc1. The second-order valence-corrected chi connectivity index (χ2v) is 5.24. The number of carbonyl (C=O) groups is 1. The van der Waals surface area contributed by atoms with Crippen LogP contribution in [0.15, 0.2) is 48.5 Å².